The van der Waals surface area contributed by atoms with Gasteiger partial charge in [0.1, 0.15) is 5.82 Å². The van der Waals surface area contributed by atoms with Gasteiger partial charge in [-0.05, 0) is 47.1 Å². The average Bonchev–Trinajstić information content (AvgIpc) is 2.66. The fourth-order valence-corrected chi connectivity index (χ4v) is 3.11. The summed E-state index contributed by atoms with van der Waals surface area (Å²) in [5.74, 6) is -0.276. The molecule has 1 N–H and O–H groups in total. The van der Waals surface area contributed by atoms with Gasteiger partial charge in [0.25, 0.3) is 0 Å². The second kappa shape index (κ2) is 4.75. The minimum absolute atomic E-state index is 0.195. The van der Waals surface area contributed by atoms with Crippen molar-refractivity contribution in [1.29, 1.82) is 0 Å². The molecule has 18 heavy (non-hydrogen) atoms. The lowest BCUT2D eigenvalue weighted by Gasteiger charge is -2.24. The Morgan fingerprint density at radius 3 is 3.06 bits per heavy atom. The Morgan fingerprint density at radius 1 is 1.50 bits per heavy atom. The van der Waals surface area contributed by atoms with Crippen molar-refractivity contribution in [3.05, 3.63) is 27.2 Å². The van der Waals surface area contributed by atoms with Gasteiger partial charge in [0.15, 0.2) is 4.77 Å². The molecule has 3 rings (SSSR count). The van der Waals surface area contributed by atoms with Crippen molar-refractivity contribution < 1.29 is 9.13 Å². The summed E-state index contributed by atoms with van der Waals surface area (Å²) in [5, 5.41) is 0. The summed E-state index contributed by atoms with van der Waals surface area (Å²) in [6, 6.07) is 3.43. The summed E-state index contributed by atoms with van der Waals surface area (Å²) in [7, 11) is 0. The number of aromatic nitrogens is 2. The van der Waals surface area contributed by atoms with Crippen LogP contribution in [0.2, 0.25) is 0 Å². The highest BCUT2D eigenvalue weighted by atomic mass is 79.9. The molecule has 0 saturated carbocycles. The van der Waals surface area contributed by atoms with Gasteiger partial charge >= 0.3 is 0 Å². The quantitative estimate of drug-likeness (QED) is 0.802. The highest BCUT2D eigenvalue weighted by Crippen LogP contribution is 2.28. The van der Waals surface area contributed by atoms with E-state index >= 15 is 0 Å². The first-order valence-corrected chi connectivity index (χ1v) is 7.04. The first-order chi connectivity index (χ1) is 8.66. The average molecular weight is 331 g/mol. The van der Waals surface area contributed by atoms with E-state index in [2.05, 4.69) is 20.9 Å². The van der Waals surface area contributed by atoms with Gasteiger partial charge in [-0.15, -0.1) is 0 Å². The second-order valence-corrected chi connectivity index (χ2v) is 5.70. The van der Waals surface area contributed by atoms with Crippen molar-refractivity contribution >= 4 is 39.2 Å². The molecule has 6 heteroatoms. The van der Waals surface area contributed by atoms with Crippen molar-refractivity contribution in [3.8, 4) is 0 Å². The number of benzene rings is 1. The summed E-state index contributed by atoms with van der Waals surface area (Å²) in [6.07, 6.45) is 2.02. The number of ether oxygens (including phenoxy) is 1. The molecule has 0 aliphatic carbocycles. The number of hydrogen-bond donors (Lipinski definition) is 1. The lowest BCUT2D eigenvalue weighted by Crippen LogP contribution is -2.21. The SMILES string of the molecule is Fc1cc2c(cc1Br)[nH]c(=S)n2C1CCCOC1. The molecule has 3 nitrogen and oxygen atoms in total. The zero-order valence-electron chi connectivity index (χ0n) is 9.58. The summed E-state index contributed by atoms with van der Waals surface area (Å²) in [5.41, 5.74) is 1.65. The van der Waals surface area contributed by atoms with E-state index < -0.39 is 0 Å². The number of halogens is 2. The highest BCUT2D eigenvalue weighted by Gasteiger charge is 2.19. The van der Waals surface area contributed by atoms with Crippen LogP contribution < -0.4 is 0 Å². The Morgan fingerprint density at radius 2 is 2.33 bits per heavy atom. The maximum absolute atomic E-state index is 13.7. The molecule has 1 aliphatic rings. The summed E-state index contributed by atoms with van der Waals surface area (Å²) in [4.78, 5) is 3.12. The summed E-state index contributed by atoms with van der Waals surface area (Å²) >= 11 is 8.52. The molecule has 2 aromatic rings. The number of nitrogens with one attached hydrogen (secondary N) is 1. The topological polar surface area (TPSA) is 29.9 Å². The molecule has 1 aromatic carbocycles. The van der Waals surface area contributed by atoms with Crippen molar-refractivity contribution in [2.45, 2.75) is 18.9 Å². The van der Waals surface area contributed by atoms with Gasteiger partial charge in [-0.2, -0.15) is 0 Å². The van der Waals surface area contributed by atoms with Crippen LogP contribution >= 0.6 is 28.1 Å². The van der Waals surface area contributed by atoms with E-state index in [1.807, 2.05) is 4.57 Å². The molecule has 1 atom stereocenters. The monoisotopic (exact) mass is 330 g/mol. The second-order valence-electron chi connectivity index (χ2n) is 4.45. The van der Waals surface area contributed by atoms with E-state index in [0.29, 0.717) is 15.9 Å². The van der Waals surface area contributed by atoms with Gasteiger partial charge in [0.05, 0.1) is 28.2 Å². The number of fused-ring (bicyclic) bond motifs is 1. The number of imidazole rings is 1. The van der Waals surface area contributed by atoms with E-state index in [4.69, 9.17) is 17.0 Å². The van der Waals surface area contributed by atoms with E-state index in [-0.39, 0.29) is 11.9 Å². The predicted molar refractivity (Wildman–Crippen MR) is 73.9 cm³/mol. The van der Waals surface area contributed by atoms with E-state index in [9.17, 15) is 4.39 Å². The van der Waals surface area contributed by atoms with Crippen LogP contribution in [0.5, 0.6) is 0 Å². The van der Waals surface area contributed by atoms with Crippen LogP contribution in [-0.4, -0.2) is 22.8 Å². The third-order valence-corrected chi connectivity index (χ3v) is 4.17. The molecular weight excluding hydrogens is 319 g/mol. The third kappa shape index (κ3) is 2.02. The molecule has 0 spiro atoms. The van der Waals surface area contributed by atoms with Crippen molar-refractivity contribution in [2.75, 3.05) is 13.2 Å². The van der Waals surface area contributed by atoms with Crippen molar-refractivity contribution in [3.63, 3.8) is 0 Å². The zero-order chi connectivity index (χ0) is 12.7. The van der Waals surface area contributed by atoms with Crippen LogP contribution in [0.4, 0.5) is 4.39 Å². The Balaban J connectivity index is 2.18. The van der Waals surface area contributed by atoms with Crippen LogP contribution in [-0.2, 0) is 4.74 Å². The number of H-pyrrole nitrogens is 1. The normalized spacial score (nSPS) is 20.4. The van der Waals surface area contributed by atoms with E-state index in [1.165, 1.54) is 6.07 Å². The van der Waals surface area contributed by atoms with Crippen LogP contribution in [0.3, 0.4) is 0 Å². The molecule has 1 aliphatic heterocycles. The summed E-state index contributed by atoms with van der Waals surface area (Å²) < 4.78 is 22.2. The molecule has 1 fully saturated rings. The molecule has 1 unspecified atom stereocenters. The summed E-state index contributed by atoms with van der Waals surface area (Å²) in [6.45, 7) is 1.44. The lowest BCUT2D eigenvalue weighted by atomic mass is 10.1. The number of hydrogen-bond acceptors (Lipinski definition) is 2. The molecule has 1 saturated heterocycles. The predicted octanol–water partition coefficient (Wildman–Crippen LogP) is 3.95. The highest BCUT2D eigenvalue weighted by molar-refractivity contribution is 9.10. The largest absolute Gasteiger partial charge is 0.379 e. The standard InChI is InChI=1S/C12H12BrFN2OS/c13-8-4-10-11(5-9(8)14)16(12(18)15-10)7-2-1-3-17-6-7/h4-5,7H,1-3,6H2,(H,15,18). The van der Waals surface area contributed by atoms with Crippen LogP contribution in [0.15, 0.2) is 16.6 Å². The van der Waals surface area contributed by atoms with Crippen molar-refractivity contribution in [2.24, 2.45) is 0 Å². The van der Waals surface area contributed by atoms with Gasteiger partial charge in [0, 0.05) is 12.7 Å². The van der Waals surface area contributed by atoms with Gasteiger partial charge in [-0.1, -0.05) is 0 Å². The first-order valence-electron chi connectivity index (χ1n) is 5.84. The molecule has 96 valence electrons. The van der Waals surface area contributed by atoms with E-state index in [0.717, 1.165) is 30.5 Å². The van der Waals surface area contributed by atoms with Gasteiger partial charge in [-0.25, -0.2) is 4.39 Å². The number of aromatic amines is 1. The van der Waals surface area contributed by atoms with Gasteiger partial charge < -0.3 is 14.3 Å². The number of rotatable bonds is 1. The Hall–Kier alpha value is -0.720. The number of nitrogens with zero attached hydrogens (tertiary/aromatic N) is 1. The van der Waals surface area contributed by atoms with E-state index in [1.54, 1.807) is 6.07 Å². The fourth-order valence-electron chi connectivity index (χ4n) is 2.41. The van der Waals surface area contributed by atoms with Crippen LogP contribution in [0, 0.1) is 10.6 Å². The Labute approximate surface area is 117 Å². The van der Waals surface area contributed by atoms with Crippen molar-refractivity contribution in [1.82, 2.24) is 9.55 Å². The van der Waals surface area contributed by atoms with Gasteiger partial charge in [-0.3, -0.25) is 0 Å². The smallest absolute Gasteiger partial charge is 0.178 e. The maximum Gasteiger partial charge on any atom is 0.178 e. The molecule has 2 heterocycles. The molecular formula is C12H12BrFN2OS. The fraction of sp³-hybridized carbons (Fsp3) is 0.417. The zero-order valence-corrected chi connectivity index (χ0v) is 12.0. The van der Waals surface area contributed by atoms with Gasteiger partial charge in [0.2, 0.25) is 0 Å². The Kier molecular flexibility index (Phi) is 3.25. The minimum Gasteiger partial charge on any atom is -0.379 e. The maximum atomic E-state index is 13.7. The minimum atomic E-state index is -0.276. The molecule has 0 amide bonds. The lowest BCUT2D eigenvalue weighted by molar-refractivity contribution is 0.0600. The van der Waals surface area contributed by atoms with Crippen LogP contribution in [0.1, 0.15) is 18.9 Å². The van der Waals surface area contributed by atoms with Crippen LogP contribution in [0.25, 0.3) is 11.0 Å². The molecule has 0 bridgehead atoms. The first kappa shape index (κ1) is 12.3. The Bertz CT molecular complexity index is 645. The third-order valence-electron chi connectivity index (χ3n) is 3.26. The molecule has 0 radical (unpaired) electrons. The molecule has 1 aromatic heterocycles.